The van der Waals surface area contributed by atoms with Crippen LogP contribution in [0.25, 0.3) is 11.3 Å². The Bertz CT molecular complexity index is 804. The van der Waals surface area contributed by atoms with Crippen LogP contribution >= 0.6 is 11.6 Å². The molecule has 0 amide bonds. The maximum absolute atomic E-state index is 5.93. The van der Waals surface area contributed by atoms with Gasteiger partial charge in [-0.1, -0.05) is 61.0 Å². The quantitative estimate of drug-likeness (QED) is 0.611. The first-order valence-electron chi connectivity index (χ1n) is 8.41. The largest absolute Gasteiger partial charge is 0.370 e. The van der Waals surface area contributed by atoms with Crippen LogP contribution in [0.2, 0.25) is 5.02 Å². The Balaban J connectivity index is 1.82. The molecule has 128 valence electrons. The molecule has 0 saturated carbocycles. The van der Waals surface area contributed by atoms with Crippen LogP contribution < -0.4 is 10.6 Å². The number of halogens is 1. The summed E-state index contributed by atoms with van der Waals surface area (Å²) in [4.78, 5) is 9.23. The van der Waals surface area contributed by atoms with Gasteiger partial charge >= 0.3 is 0 Å². The van der Waals surface area contributed by atoms with Crippen LogP contribution in [0.1, 0.15) is 18.9 Å². The summed E-state index contributed by atoms with van der Waals surface area (Å²) in [7, 11) is 0. The van der Waals surface area contributed by atoms with E-state index in [-0.39, 0.29) is 0 Å². The summed E-state index contributed by atoms with van der Waals surface area (Å²) in [5.41, 5.74) is 3.09. The number of nitrogens with one attached hydrogen (secondary N) is 2. The van der Waals surface area contributed by atoms with Crippen LogP contribution in [0, 0.1) is 0 Å². The van der Waals surface area contributed by atoms with Crippen LogP contribution in [0.5, 0.6) is 0 Å². The number of benzene rings is 2. The van der Waals surface area contributed by atoms with Crippen molar-refractivity contribution >= 4 is 23.4 Å². The van der Waals surface area contributed by atoms with Gasteiger partial charge in [0.15, 0.2) is 0 Å². The lowest BCUT2D eigenvalue weighted by molar-refractivity contribution is 0.962. The molecule has 0 unspecified atom stereocenters. The van der Waals surface area contributed by atoms with Crippen LogP contribution in [0.4, 0.5) is 11.8 Å². The number of anilines is 2. The van der Waals surface area contributed by atoms with Crippen molar-refractivity contribution in [1.29, 1.82) is 0 Å². The molecule has 3 rings (SSSR count). The van der Waals surface area contributed by atoms with Gasteiger partial charge in [-0.15, -0.1) is 0 Å². The fraction of sp³-hybridized carbons (Fsp3) is 0.200. The minimum Gasteiger partial charge on any atom is -0.370 e. The molecule has 0 saturated heterocycles. The van der Waals surface area contributed by atoms with Crippen LogP contribution in [0.15, 0.2) is 60.7 Å². The second-order valence-electron chi connectivity index (χ2n) is 5.73. The fourth-order valence-corrected chi connectivity index (χ4v) is 2.54. The van der Waals surface area contributed by atoms with Gasteiger partial charge in [-0.05, 0) is 24.1 Å². The van der Waals surface area contributed by atoms with E-state index in [1.54, 1.807) is 0 Å². The number of rotatable bonds is 7. The van der Waals surface area contributed by atoms with Crippen LogP contribution in [0.3, 0.4) is 0 Å². The van der Waals surface area contributed by atoms with E-state index in [2.05, 4.69) is 39.7 Å². The zero-order valence-corrected chi connectivity index (χ0v) is 14.9. The summed E-state index contributed by atoms with van der Waals surface area (Å²) in [5, 5.41) is 7.38. The molecule has 1 aromatic heterocycles. The van der Waals surface area contributed by atoms with E-state index >= 15 is 0 Å². The average molecular weight is 353 g/mol. The van der Waals surface area contributed by atoms with Gasteiger partial charge in [0.25, 0.3) is 0 Å². The summed E-state index contributed by atoms with van der Waals surface area (Å²) in [5.74, 6) is 1.43. The molecule has 2 N–H and O–H groups in total. The number of hydrogen-bond donors (Lipinski definition) is 2. The Hall–Kier alpha value is -2.59. The zero-order chi connectivity index (χ0) is 17.5. The minimum atomic E-state index is 0.606. The van der Waals surface area contributed by atoms with E-state index in [4.69, 9.17) is 11.6 Å². The molecule has 0 radical (unpaired) electrons. The van der Waals surface area contributed by atoms with Crippen molar-refractivity contribution in [1.82, 2.24) is 9.97 Å². The monoisotopic (exact) mass is 352 g/mol. The lowest BCUT2D eigenvalue weighted by atomic mass is 10.1. The molecule has 0 fully saturated rings. The van der Waals surface area contributed by atoms with Gasteiger partial charge in [0.1, 0.15) is 5.82 Å². The van der Waals surface area contributed by atoms with Gasteiger partial charge in [-0.2, -0.15) is 4.98 Å². The molecule has 0 aliphatic carbocycles. The molecule has 0 bridgehead atoms. The molecule has 5 heteroatoms. The highest BCUT2D eigenvalue weighted by Gasteiger charge is 2.06. The first kappa shape index (κ1) is 17.2. The van der Waals surface area contributed by atoms with E-state index in [0.717, 1.165) is 40.6 Å². The minimum absolute atomic E-state index is 0.606. The van der Waals surface area contributed by atoms with Crippen molar-refractivity contribution in [3.8, 4) is 11.3 Å². The van der Waals surface area contributed by atoms with Crippen molar-refractivity contribution < 1.29 is 0 Å². The first-order valence-corrected chi connectivity index (χ1v) is 8.79. The van der Waals surface area contributed by atoms with Gasteiger partial charge in [0, 0.05) is 29.7 Å². The smallest absolute Gasteiger partial charge is 0.225 e. The molecular formula is C20H21ClN4. The molecular weight excluding hydrogens is 332 g/mol. The molecule has 1 heterocycles. The Labute approximate surface area is 153 Å². The summed E-state index contributed by atoms with van der Waals surface area (Å²) >= 11 is 5.93. The standard InChI is InChI=1S/C20H21ClN4/c1-2-12-22-19-13-18(16-6-4-3-5-7-16)24-20(25-19)23-14-15-8-10-17(21)11-9-15/h3-11,13H,2,12,14H2,1H3,(H2,22,23,24,25). The van der Waals surface area contributed by atoms with Crippen molar-refractivity contribution in [2.24, 2.45) is 0 Å². The Morgan fingerprint density at radius 2 is 1.68 bits per heavy atom. The molecule has 2 aromatic carbocycles. The number of nitrogens with zero attached hydrogens (tertiary/aromatic N) is 2. The average Bonchev–Trinajstić information content (AvgIpc) is 2.66. The molecule has 3 aromatic rings. The van der Waals surface area contributed by atoms with Gasteiger partial charge in [-0.3, -0.25) is 0 Å². The summed E-state index contributed by atoms with van der Waals surface area (Å²) in [6, 6.07) is 19.9. The van der Waals surface area contributed by atoms with E-state index in [1.807, 2.05) is 48.5 Å². The van der Waals surface area contributed by atoms with Gasteiger partial charge in [0.05, 0.1) is 5.69 Å². The normalized spacial score (nSPS) is 10.5. The Morgan fingerprint density at radius 3 is 2.40 bits per heavy atom. The SMILES string of the molecule is CCCNc1cc(-c2ccccc2)nc(NCc2ccc(Cl)cc2)n1. The van der Waals surface area contributed by atoms with E-state index in [1.165, 1.54) is 0 Å². The highest BCUT2D eigenvalue weighted by molar-refractivity contribution is 6.30. The van der Waals surface area contributed by atoms with Gasteiger partial charge < -0.3 is 10.6 Å². The second-order valence-corrected chi connectivity index (χ2v) is 6.17. The van der Waals surface area contributed by atoms with E-state index < -0.39 is 0 Å². The Kier molecular flexibility index (Phi) is 5.86. The van der Waals surface area contributed by atoms with E-state index in [0.29, 0.717) is 12.5 Å². The first-order chi connectivity index (χ1) is 12.2. The second kappa shape index (κ2) is 8.49. The maximum atomic E-state index is 5.93. The van der Waals surface area contributed by atoms with Gasteiger partial charge in [0.2, 0.25) is 5.95 Å². The van der Waals surface area contributed by atoms with Crippen LogP contribution in [-0.4, -0.2) is 16.5 Å². The molecule has 25 heavy (non-hydrogen) atoms. The Morgan fingerprint density at radius 1 is 0.920 bits per heavy atom. The molecule has 0 atom stereocenters. The van der Waals surface area contributed by atoms with Crippen molar-refractivity contribution in [3.63, 3.8) is 0 Å². The van der Waals surface area contributed by atoms with Crippen LogP contribution in [-0.2, 0) is 6.54 Å². The van der Waals surface area contributed by atoms with Crippen molar-refractivity contribution in [2.45, 2.75) is 19.9 Å². The highest BCUT2D eigenvalue weighted by atomic mass is 35.5. The lowest BCUT2D eigenvalue weighted by Crippen LogP contribution is -2.08. The maximum Gasteiger partial charge on any atom is 0.225 e. The third-order valence-electron chi connectivity index (χ3n) is 3.72. The topological polar surface area (TPSA) is 49.8 Å². The van der Waals surface area contributed by atoms with Crippen molar-refractivity contribution in [2.75, 3.05) is 17.2 Å². The third-order valence-corrected chi connectivity index (χ3v) is 3.97. The third kappa shape index (κ3) is 4.94. The number of aromatic nitrogens is 2. The lowest BCUT2D eigenvalue weighted by Gasteiger charge is -2.11. The molecule has 0 aliphatic rings. The summed E-state index contributed by atoms with van der Waals surface area (Å²) in [6.07, 6.45) is 1.04. The zero-order valence-electron chi connectivity index (χ0n) is 14.2. The molecule has 0 spiro atoms. The fourth-order valence-electron chi connectivity index (χ4n) is 2.41. The van der Waals surface area contributed by atoms with Gasteiger partial charge in [-0.25, -0.2) is 4.98 Å². The molecule has 0 aliphatic heterocycles. The predicted octanol–water partition coefficient (Wildman–Crippen LogP) is 5.23. The summed E-state index contributed by atoms with van der Waals surface area (Å²) in [6.45, 7) is 3.65. The van der Waals surface area contributed by atoms with Crippen molar-refractivity contribution in [3.05, 3.63) is 71.2 Å². The molecule has 4 nitrogen and oxygen atoms in total. The number of hydrogen-bond acceptors (Lipinski definition) is 4. The predicted molar refractivity (Wildman–Crippen MR) is 105 cm³/mol. The van der Waals surface area contributed by atoms with E-state index in [9.17, 15) is 0 Å². The summed E-state index contributed by atoms with van der Waals surface area (Å²) < 4.78 is 0. The highest BCUT2D eigenvalue weighted by Crippen LogP contribution is 2.21.